The second-order valence-corrected chi connectivity index (χ2v) is 6.39. The molecule has 0 radical (unpaired) electrons. The minimum atomic E-state index is -0.897. The van der Waals surface area contributed by atoms with Crippen molar-refractivity contribution in [1.82, 2.24) is 20.2 Å². The fourth-order valence-electron chi connectivity index (χ4n) is 3.25. The fraction of sp³-hybridized carbons (Fsp3) is 0.158. The predicted molar refractivity (Wildman–Crippen MR) is 102 cm³/mol. The number of carbonyl (C=O) groups is 1. The highest BCUT2D eigenvalue weighted by atomic mass is 16.6. The number of tetrazole rings is 1. The molecule has 0 aliphatic carbocycles. The number of para-hydroxylation sites is 1. The van der Waals surface area contributed by atoms with Gasteiger partial charge in [0.2, 0.25) is 5.95 Å². The zero-order chi connectivity index (χ0) is 20.4. The molecule has 1 unspecified atom stereocenters. The zero-order valence-electron chi connectivity index (χ0n) is 15.3. The van der Waals surface area contributed by atoms with Crippen LogP contribution in [-0.4, -0.2) is 31.1 Å². The summed E-state index contributed by atoms with van der Waals surface area (Å²) in [5.74, 6) is -0.326. The molecule has 1 atom stereocenters. The maximum atomic E-state index is 13.0. The molecule has 2 aromatic carbocycles. The molecule has 0 amide bonds. The maximum Gasteiger partial charge on any atom is 0.338 e. The summed E-state index contributed by atoms with van der Waals surface area (Å²) in [5.41, 5.74) is 1.65. The average molecular weight is 392 g/mol. The summed E-state index contributed by atoms with van der Waals surface area (Å²) in [5, 5.41) is 26.0. The van der Waals surface area contributed by atoms with Gasteiger partial charge in [-0.05, 0) is 29.0 Å². The summed E-state index contributed by atoms with van der Waals surface area (Å²) in [6, 6.07) is 14.5. The number of anilines is 1. The normalized spacial score (nSPS) is 15.4. The molecule has 10 heteroatoms. The maximum absolute atomic E-state index is 13.0. The standard InChI is InChI=1S/C19H16N6O4/c1-12-16(18(26)29-11-13-7-3-2-4-8-13)17(24-19(20-12)21-22-23-24)14-9-5-6-10-15(14)25(27)28/h2-10,17H,11H2,1H3,(H,20,21,23). The second-order valence-electron chi connectivity index (χ2n) is 6.39. The van der Waals surface area contributed by atoms with Crippen LogP contribution in [0.2, 0.25) is 0 Å². The molecule has 1 aliphatic heterocycles. The molecule has 0 saturated carbocycles. The second kappa shape index (κ2) is 7.50. The Labute approximate surface area is 165 Å². The lowest BCUT2D eigenvalue weighted by atomic mass is 9.94. The molecule has 4 rings (SSSR count). The number of esters is 1. The fourth-order valence-corrected chi connectivity index (χ4v) is 3.25. The lowest BCUT2D eigenvalue weighted by molar-refractivity contribution is -0.385. The third kappa shape index (κ3) is 3.43. The van der Waals surface area contributed by atoms with E-state index in [1.54, 1.807) is 25.1 Å². The summed E-state index contributed by atoms with van der Waals surface area (Å²) < 4.78 is 6.83. The molecule has 29 heavy (non-hydrogen) atoms. The van der Waals surface area contributed by atoms with Crippen molar-refractivity contribution in [2.45, 2.75) is 19.6 Å². The number of allylic oxidation sites excluding steroid dienone is 1. The van der Waals surface area contributed by atoms with Gasteiger partial charge in [0.05, 0.1) is 16.1 Å². The van der Waals surface area contributed by atoms with E-state index in [4.69, 9.17) is 4.74 Å². The van der Waals surface area contributed by atoms with E-state index in [0.29, 0.717) is 11.3 Å². The zero-order valence-corrected chi connectivity index (χ0v) is 15.3. The number of rotatable bonds is 5. The molecule has 10 nitrogen and oxygen atoms in total. The Bertz CT molecular complexity index is 1110. The first kappa shape index (κ1) is 18.3. The molecule has 1 N–H and O–H groups in total. The first-order valence-electron chi connectivity index (χ1n) is 8.76. The van der Waals surface area contributed by atoms with Gasteiger partial charge in [-0.2, -0.15) is 4.68 Å². The van der Waals surface area contributed by atoms with E-state index in [1.165, 1.54) is 10.7 Å². The quantitative estimate of drug-likeness (QED) is 0.399. The molecule has 1 aromatic heterocycles. The minimum Gasteiger partial charge on any atom is -0.457 e. The largest absolute Gasteiger partial charge is 0.457 e. The molecule has 0 fully saturated rings. The Morgan fingerprint density at radius 1 is 1.21 bits per heavy atom. The highest BCUT2D eigenvalue weighted by Crippen LogP contribution is 2.38. The first-order chi connectivity index (χ1) is 14.1. The van der Waals surface area contributed by atoms with Crippen molar-refractivity contribution in [3.63, 3.8) is 0 Å². The number of hydrogen-bond donors (Lipinski definition) is 1. The van der Waals surface area contributed by atoms with E-state index in [2.05, 4.69) is 20.8 Å². The van der Waals surface area contributed by atoms with E-state index < -0.39 is 16.9 Å². The van der Waals surface area contributed by atoms with E-state index in [1.807, 2.05) is 30.3 Å². The van der Waals surface area contributed by atoms with E-state index in [9.17, 15) is 14.9 Å². The molecular formula is C19H16N6O4. The van der Waals surface area contributed by atoms with Gasteiger partial charge in [-0.3, -0.25) is 10.1 Å². The number of nitro groups is 1. The predicted octanol–water partition coefficient (Wildman–Crippen LogP) is 2.61. The van der Waals surface area contributed by atoms with Crippen LogP contribution in [0.15, 0.2) is 65.9 Å². The number of nitro benzene ring substituents is 1. The van der Waals surface area contributed by atoms with Crippen LogP contribution >= 0.6 is 0 Å². The number of ether oxygens (including phenoxy) is 1. The number of aromatic nitrogens is 4. The van der Waals surface area contributed by atoms with E-state index in [0.717, 1.165) is 5.56 Å². The number of fused-ring (bicyclic) bond motifs is 1. The third-order valence-corrected chi connectivity index (χ3v) is 4.57. The Hall–Kier alpha value is -4.08. The lowest BCUT2D eigenvalue weighted by Gasteiger charge is -2.27. The van der Waals surface area contributed by atoms with Gasteiger partial charge in [0, 0.05) is 11.8 Å². The summed E-state index contributed by atoms with van der Waals surface area (Å²) in [6.45, 7) is 1.75. The van der Waals surface area contributed by atoms with E-state index in [-0.39, 0.29) is 23.8 Å². The van der Waals surface area contributed by atoms with Crippen LogP contribution in [-0.2, 0) is 16.1 Å². The minimum absolute atomic E-state index is 0.0719. The molecule has 0 bridgehead atoms. The molecule has 2 heterocycles. The molecule has 0 spiro atoms. The highest BCUT2D eigenvalue weighted by molar-refractivity contribution is 5.92. The van der Waals surface area contributed by atoms with Crippen LogP contribution < -0.4 is 5.32 Å². The van der Waals surface area contributed by atoms with Gasteiger partial charge >= 0.3 is 5.97 Å². The highest BCUT2D eigenvalue weighted by Gasteiger charge is 2.38. The van der Waals surface area contributed by atoms with Gasteiger partial charge in [0.1, 0.15) is 12.6 Å². The van der Waals surface area contributed by atoms with Crippen molar-refractivity contribution in [1.29, 1.82) is 0 Å². The van der Waals surface area contributed by atoms with Gasteiger partial charge < -0.3 is 10.1 Å². The van der Waals surface area contributed by atoms with Gasteiger partial charge in [-0.1, -0.05) is 47.6 Å². The SMILES string of the molecule is CC1=C(C(=O)OCc2ccccc2)C(c2ccccc2[N+](=O)[O-])n2nnnc2N1. The molecule has 146 valence electrons. The van der Waals surface area contributed by atoms with Crippen molar-refractivity contribution in [2.24, 2.45) is 0 Å². The molecule has 0 saturated heterocycles. The first-order valence-corrected chi connectivity index (χ1v) is 8.76. The topological polar surface area (TPSA) is 125 Å². The van der Waals surface area contributed by atoms with Gasteiger partial charge in [0.15, 0.2) is 0 Å². The Morgan fingerprint density at radius 3 is 2.69 bits per heavy atom. The van der Waals surface area contributed by atoms with Gasteiger partial charge in [0.25, 0.3) is 5.69 Å². The van der Waals surface area contributed by atoms with Crippen molar-refractivity contribution >= 4 is 17.6 Å². The van der Waals surface area contributed by atoms with E-state index >= 15 is 0 Å². The number of carbonyl (C=O) groups excluding carboxylic acids is 1. The van der Waals surface area contributed by atoms with Crippen molar-refractivity contribution < 1.29 is 14.5 Å². The number of nitrogens with one attached hydrogen (secondary N) is 1. The van der Waals surface area contributed by atoms with Gasteiger partial charge in [-0.25, -0.2) is 4.79 Å². The number of nitrogens with zero attached hydrogens (tertiary/aromatic N) is 5. The van der Waals surface area contributed by atoms with Crippen LogP contribution in [0.5, 0.6) is 0 Å². The van der Waals surface area contributed by atoms with Crippen LogP contribution in [0.1, 0.15) is 24.1 Å². The Kier molecular flexibility index (Phi) is 4.73. The Balaban J connectivity index is 1.75. The number of benzene rings is 2. The van der Waals surface area contributed by atoms with Crippen molar-refractivity contribution in [2.75, 3.05) is 5.32 Å². The lowest BCUT2D eigenvalue weighted by Crippen LogP contribution is -2.30. The summed E-state index contributed by atoms with van der Waals surface area (Å²) in [4.78, 5) is 24.1. The molecule has 1 aliphatic rings. The summed E-state index contributed by atoms with van der Waals surface area (Å²) in [7, 11) is 0. The van der Waals surface area contributed by atoms with Gasteiger partial charge in [-0.15, -0.1) is 0 Å². The van der Waals surface area contributed by atoms with Crippen LogP contribution in [0.4, 0.5) is 11.6 Å². The molecular weight excluding hydrogens is 376 g/mol. The van der Waals surface area contributed by atoms with Crippen LogP contribution in [0.25, 0.3) is 0 Å². The Morgan fingerprint density at radius 2 is 1.93 bits per heavy atom. The third-order valence-electron chi connectivity index (χ3n) is 4.57. The van der Waals surface area contributed by atoms with Crippen LogP contribution in [0.3, 0.4) is 0 Å². The van der Waals surface area contributed by atoms with Crippen LogP contribution in [0, 0.1) is 10.1 Å². The monoisotopic (exact) mass is 392 g/mol. The van der Waals surface area contributed by atoms with Crippen molar-refractivity contribution in [3.05, 3.63) is 87.1 Å². The summed E-state index contributed by atoms with van der Waals surface area (Å²) >= 11 is 0. The smallest absolute Gasteiger partial charge is 0.338 e. The molecule has 3 aromatic rings. The summed E-state index contributed by atoms with van der Waals surface area (Å²) in [6.07, 6.45) is 0. The van der Waals surface area contributed by atoms with Crippen molar-refractivity contribution in [3.8, 4) is 0 Å². The average Bonchev–Trinajstić information content (AvgIpc) is 3.19. The number of hydrogen-bond acceptors (Lipinski definition) is 8.